The molecular formula is C26H19FN2O5. The first kappa shape index (κ1) is 21.4. The summed E-state index contributed by atoms with van der Waals surface area (Å²) in [7, 11) is 0. The van der Waals surface area contributed by atoms with Gasteiger partial charge in [0.25, 0.3) is 0 Å². The highest BCUT2D eigenvalue weighted by atomic mass is 19.1. The van der Waals surface area contributed by atoms with Crippen LogP contribution in [0.2, 0.25) is 0 Å². The first-order valence-corrected chi connectivity index (χ1v) is 10.5. The number of fused-ring (bicyclic) bond motifs is 3. The van der Waals surface area contributed by atoms with Crippen LogP contribution in [0, 0.1) is 19.7 Å². The molecule has 3 aromatic carbocycles. The summed E-state index contributed by atoms with van der Waals surface area (Å²) in [6.45, 7) is 3.87. The maximum atomic E-state index is 13.5. The van der Waals surface area contributed by atoms with E-state index in [1.807, 2.05) is 10.6 Å². The van der Waals surface area contributed by atoms with Gasteiger partial charge in [-0.1, -0.05) is 17.3 Å². The van der Waals surface area contributed by atoms with Crippen molar-refractivity contribution in [1.82, 2.24) is 9.72 Å². The minimum Gasteiger partial charge on any atom is -0.478 e. The van der Waals surface area contributed by atoms with Crippen molar-refractivity contribution < 1.29 is 28.7 Å². The van der Waals surface area contributed by atoms with Gasteiger partial charge in [0.1, 0.15) is 11.6 Å². The number of carboxylic acids is 2. The van der Waals surface area contributed by atoms with Crippen LogP contribution in [0.25, 0.3) is 32.9 Å². The first-order chi connectivity index (χ1) is 16.2. The number of hydrogen-bond donors (Lipinski definition) is 2. The minimum absolute atomic E-state index is 0.0397. The van der Waals surface area contributed by atoms with E-state index in [-0.39, 0.29) is 16.9 Å². The molecule has 0 fully saturated rings. The van der Waals surface area contributed by atoms with Crippen LogP contribution in [-0.4, -0.2) is 31.9 Å². The lowest BCUT2D eigenvalue weighted by molar-refractivity contribution is 0.0687. The highest BCUT2D eigenvalue weighted by Gasteiger charge is 2.23. The molecule has 7 nitrogen and oxygen atoms in total. The number of rotatable bonds is 5. The molecular weight excluding hydrogens is 439 g/mol. The number of carbonyl (C=O) groups is 2. The number of aromatic nitrogens is 2. The molecule has 8 heteroatoms. The zero-order valence-electron chi connectivity index (χ0n) is 18.3. The fraction of sp³-hybridized carbons (Fsp3) is 0.115. The molecule has 0 aliphatic rings. The van der Waals surface area contributed by atoms with Crippen molar-refractivity contribution >= 4 is 33.7 Å². The van der Waals surface area contributed by atoms with Crippen molar-refractivity contribution in [3.05, 3.63) is 88.6 Å². The molecule has 0 radical (unpaired) electrons. The van der Waals surface area contributed by atoms with Crippen molar-refractivity contribution in [3.8, 4) is 11.1 Å². The number of carboxylic acid groups (broad SMARTS) is 2. The monoisotopic (exact) mass is 458 g/mol. The smallest absolute Gasteiger partial charge is 0.336 e. The van der Waals surface area contributed by atoms with Gasteiger partial charge in [-0.25, -0.2) is 14.0 Å². The fourth-order valence-corrected chi connectivity index (χ4v) is 4.51. The Bertz CT molecular complexity index is 1590. The summed E-state index contributed by atoms with van der Waals surface area (Å²) in [4.78, 5) is 24.0. The Hall–Kier alpha value is -4.46. The van der Waals surface area contributed by atoms with Crippen LogP contribution in [0.5, 0.6) is 0 Å². The van der Waals surface area contributed by atoms with Crippen LogP contribution in [0.4, 0.5) is 4.39 Å². The van der Waals surface area contributed by atoms with E-state index in [1.54, 1.807) is 38.1 Å². The molecule has 170 valence electrons. The topological polar surface area (TPSA) is 106 Å². The Morgan fingerprint density at radius 1 is 0.971 bits per heavy atom. The molecule has 0 atom stereocenters. The van der Waals surface area contributed by atoms with E-state index in [2.05, 4.69) is 5.16 Å². The van der Waals surface area contributed by atoms with Gasteiger partial charge in [-0.05, 0) is 67.4 Å². The average molecular weight is 458 g/mol. The number of aromatic carboxylic acids is 2. The summed E-state index contributed by atoms with van der Waals surface area (Å²) >= 11 is 0. The van der Waals surface area contributed by atoms with E-state index in [0.29, 0.717) is 50.9 Å². The van der Waals surface area contributed by atoms with E-state index in [4.69, 9.17) is 4.52 Å². The van der Waals surface area contributed by atoms with E-state index in [0.717, 1.165) is 5.56 Å². The van der Waals surface area contributed by atoms with Crippen LogP contribution in [-0.2, 0) is 6.54 Å². The molecule has 0 saturated heterocycles. The van der Waals surface area contributed by atoms with E-state index in [1.165, 1.54) is 24.3 Å². The molecule has 0 bridgehead atoms. The number of nitrogens with zero attached hydrogens (tertiary/aromatic N) is 2. The third-order valence-corrected chi connectivity index (χ3v) is 6.02. The Labute approximate surface area is 192 Å². The quantitative estimate of drug-likeness (QED) is 0.353. The maximum Gasteiger partial charge on any atom is 0.336 e. The maximum absolute atomic E-state index is 13.5. The van der Waals surface area contributed by atoms with Gasteiger partial charge >= 0.3 is 11.9 Å². The normalized spacial score (nSPS) is 11.4. The van der Waals surface area contributed by atoms with Gasteiger partial charge in [-0.2, -0.15) is 0 Å². The zero-order chi connectivity index (χ0) is 24.1. The molecule has 34 heavy (non-hydrogen) atoms. The SMILES string of the molecule is Cc1noc(C)c1-c1cc(C(=O)O)c2c3cc(C(=O)O)ccc3n(Cc3ccc(F)cc3)c2c1. The Kier molecular flexibility index (Phi) is 4.93. The molecule has 0 aliphatic heterocycles. The van der Waals surface area contributed by atoms with Crippen molar-refractivity contribution in [3.63, 3.8) is 0 Å². The van der Waals surface area contributed by atoms with E-state index < -0.39 is 11.9 Å². The number of benzene rings is 3. The molecule has 0 spiro atoms. The molecule has 0 aliphatic carbocycles. The fourth-order valence-electron chi connectivity index (χ4n) is 4.51. The number of hydrogen-bond acceptors (Lipinski definition) is 4. The van der Waals surface area contributed by atoms with Crippen LogP contribution in [0.1, 0.15) is 37.7 Å². The molecule has 5 rings (SSSR count). The average Bonchev–Trinajstić information content (AvgIpc) is 3.30. The third kappa shape index (κ3) is 3.40. The van der Waals surface area contributed by atoms with Gasteiger partial charge < -0.3 is 19.3 Å². The minimum atomic E-state index is -1.14. The Morgan fingerprint density at radius 2 is 1.71 bits per heavy atom. The summed E-state index contributed by atoms with van der Waals surface area (Å²) in [6, 6.07) is 14.1. The van der Waals surface area contributed by atoms with E-state index >= 15 is 0 Å². The molecule has 2 aromatic heterocycles. The first-order valence-electron chi connectivity index (χ1n) is 10.5. The van der Waals surface area contributed by atoms with Gasteiger partial charge in [0.15, 0.2) is 0 Å². The zero-order valence-corrected chi connectivity index (χ0v) is 18.3. The van der Waals surface area contributed by atoms with Gasteiger partial charge in [0.05, 0.1) is 22.3 Å². The predicted octanol–water partition coefficient (Wildman–Crippen LogP) is 5.65. The van der Waals surface area contributed by atoms with Crippen molar-refractivity contribution in [2.75, 3.05) is 0 Å². The van der Waals surface area contributed by atoms with Crippen LogP contribution in [0.15, 0.2) is 59.1 Å². The largest absolute Gasteiger partial charge is 0.478 e. The summed E-state index contributed by atoms with van der Waals surface area (Å²) < 4.78 is 20.7. The Balaban J connectivity index is 1.89. The van der Waals surface area contributed by atoms with Gasteiger partial charge in [-0.15, -0.1) is 0 Å². The van der Waals surface area contributed by atoms with Gasteiger partial charge in [0.2, 0.25) is 0 Å². The van der Waals surface area contributed by atoms with Crippen molar-refractivity contribution in [2.24, 2.45) is 0 Å². The molecule has 2 heterocycles. The van der Waals surface area contributed by atoms with Crippen LogP contribution >= 0.6 is 0 Å². The lowest BCUT2D eigenvalue weighted by Crippen LogP contribution is -2.02. The summed E-state index contributed by atoms with van der Waals surface area (Å²) in [6.07, 6.45) is 0. The Morgan fingerprint density at radius 3 is 2.32 bits per heavy atom. The number of aryl methyl sites for hydroxylation is 2. The van der Waals surface area contributed by atoms with Gasteiger partial charge in [-0.3, -0.25) is 0 Å². The molecule has 5 aromatic rings. The second-order valence-electron chi connectivity index (χ2n) is 8.17. The highest BCUT2D eigenvalue weighted by molar-refractivity contribution is 6.18. The molecule has 2 N–H and O–H groups in total. The van der Waals surface area contributed by atoms with Crippen molar-refractivity contribution in [2.45, 2.75) is 20.4 Å². The van der Waals surface area contributed by atoms with Crippen LogP contribution < -0.4 is 0 Å². The highest BCUT2D eigenvalue weighted by Crippen LogP contribution is 2.38. The third-order valence-electron chi connectivity index (χ3n) is 6.02. The summed E-state index contributed by atoms with van der Waals surface area (Å²) in [5, 5.41) is 24.6. The summed E-state index contributed by atoms with van der Waals surface area (Å²) in [5.41, 5.74) is 4.14. The van der Waals surface area contributed by atoms with Gasteiger partial charge in [0, 0.05) is 28.4 Å². The van der Waals surface area contributed by atoms with Crippen molar-refractivity contribution in [1.29, 1.82) is 0 Å². The van der Waals surface area contributed by atoms with Crippen LogP contribution in [0.3, 0.4) is 0 Å². The molecule has 0 saturated carbocycles. The lowest BCUT2D eigenvalue weighted by atomic mass is 9.97. The number of halogens is 1. The standard InChI is InChI=1S/C26H19FN2O5/c1-13-23(14(2)34-28-13)17-10-20(26(32)33)24-19-9-16(25(30)31)5-8-21(19)29(22(24)11-17)12-15-3-6-18(27)7-4-15/h3-11H,12H2,1-2H3,(H,30,31)(H,32,33). The summed E-state index contributed by atoms with van der Waals surface area (Å²) in [5.74, 6) is -2.04. The predicted molar refractivity (Wildman–Crippen MR) is 124 cm³/mol. The second kappa shape index (κ2) is 7.84. The van der Waals surface area contributed by atoms with E-state index in [9.17, 15) is 24.2 Å². The second-order valence-corrected chi connectivity index (χ2v) is 8.17. The molecule has 0 unspecified atom stereocenters. The lowest BCUT2D eigenvalue weighted by Gasteiger charge is -2.10. The molecule has 0 amide bonds.